The van der Waals surface area contributed by atoms with Gasteiger partial charge in [0.15, 0.2) is 0 Å². The third-order valence-corrected chi connectivity index (χ3v) is 2.96. The molecule has 3 heteroatoms. The highest BCUT2D eigenvalue weighted by molar-refractivity contribution is 5.70. The van der Waals surface area contributed by atoms with Gasteiger partial charge >= 0.3 is 6.09 Å². The lowest BCUT2D eigenvalue weighted by Gasteiger charge is -2.27. The smallest absolute Gasteiger partial charge is 0.407 e. The maximum Gasteiger partial charge on any atom is 0.407 e. The van der Waals surface area contributed by atoms with E-state index >= 15 is 0 Å². The Balaban J connectivity index is 2.55. The van der Waals surface area contributed by atoms with E-state index in [1.54, 1.807) is 0 Å². The molecular weight excluding hydrogens is 166 g/mol. The zero-order chi connectivity index (χ0) is 9.90. The van der Waals surface area contributed by atoms with Gasteiger partial charge in [-0.2, -0.15) is 0 Å². The predicted octanol–water partition coefficient (Wildman–Crippen LogP) is 2.31. The van der Waals surface area contributed by atoms with Gasteiger partial charge in [0.25, 0.3) is 0 Å². The topological polar surface area (TPSA) is 38.3 Å². The Labute approximate surface area is 79.8 Å². The molecule has 1 N–H and O–H groups in total. The summed E-state index contributed by atoms with van der Waals surface area (Å²) >= 11 is 0. The molecule has 3 nitrogen and oxygen atoms in total. The van der Waals surface area contributed by atoms with Crippen molar-refractivity contribution in [3.05, 3.63) is 0 Å². The Morgan fingerprint density at radius 3 is 2.69 bits per heavy atom. The predicted molar refractivity (Wildman–Crippen MR) is 51.6 cm³/mol. The minimum absolute atomic E-state index is 0.0908. The second kappa shape index (κ2) is 3.99. The van der Waals surface area contributed by atoms with Crippen LogP contribution >= 0.6 is 0 Å². The van der Waals surface area contributed by atoms with Gasteiger partial charge in [-0.3, -0.25) is 0 Å². The molecule has 0 spiro atoms. The van der Waals surface area contributed by atoms with Gasteiger partial charge in [0.2, 0.25) is 0 Å². The summed E-state index contributed by atoms with van der Waals surface area (Å²) in [5.74, 6) is 0.641. The molecule has 2 unspecified atom stereocenters. The zero-order valence-corrected chi connectivity index (χ0v) is 8.72. The second-order valence-corrected chi connectivity index (χ2v) is 4.05. The number of rotatable bonds is 4. The molecule has 1 saturated heterocycles. The number of cyclic esters (lactones) is 1. The Morgan fingerprint density at radius 1 is 1.62 bits per heavy atom. The van der Waals surface area contributed by atoms with Gasteiger partial charge in [-0.15, -0.1) is 0 Å². The first-order chi connectivity index (χ1) is 6.12. The fraction of sp³-hybridized carbons (Fsp3) is 0.900. The number of hydrogen-bond donors (Lipinski definition) is 1. The van der Waals surface area contributed by atoms with Crippen molar-refractivity contribution in [2.45, 2.75) is 45.6 Å². The monoisotopic (exact) mass is 185 g/mol. The normalized spacial score (nSPS) is 29.6. The van der Waals surface area contributed by atoms with E-state index in [2.05, 4.69) is 26.1 Å². The number of alkyl carbamates (subject to hydrolysis) is 1. The summed E-state index contributed by atoms with van der Waals surface area (Å²) in [5.41, 5.74) is -0.0908. The molecule has 0 aromatic heterocycles. The van der Waals surface area contributed by atoms with E-state index in [1.165, 1.54) is 0 Å². The quantitative estimate of drug-likeness (QED) is 0.730. The molecule has 1 heterocycles. The number of carbonyl (C=O) groups is 1. The van der Waals surface area contributed by atoms with Gasteiger partial charge in [-0.1, -0.05) is 27.2 Å². The van der Waals surface area contributed by atoms with Crippen molar-refractivity contribution in [3.63, 3.8) is 0 Å². The average Bonchev–Trinajstić information content (AvgIpc) is 2.48. The van der Waals surface area contributed by atoms with Crippen LogP contribution in [0.1, 0.15) is 40.0 Å². The second-order valence-electron chi connectivity index (χ2n) is 4.05. The first kappa shape index (κ1) is 10.4. The molecule has 76 valence electrons. The van der Waals surface area contributed by atoms with Crippen LogP contribution in [0.2, 0.25) is 0 Å². The number of ether oxygens (including phenoxy) is 1. The molecule has 0 bridgehead atoms. The highest BCUT2D eigenvalue weighted by atomic mass is 16.6. The Hall–Kier alpha value is -0.730. The van der Waals surface area contributed by atoms with E-state index in [4.69, 9.17) is 4.74 Å². The summed E-state index contributed by atoms with van der Waals surface area (Å²) in [5, 5.41) is 2.92. The first-order valence-electron chi connectivity index (χ1n) is 5.07. The number of hydrogen-bond acceptors (Lipinski definition) is 2. The van der Waals surface area contributed by atoms with Crippen LogP contribution in [0.25, 0.3) is 0 Å². The third-order valence-electron chi connectivity index (χ3n) is 2.96. The van der Waals surface area contributed by atoms with Crippen LogP contribution in [0.3, 0.4) is 0 Å². The van der Waals surface area contributed by atoms with Gasteiger partial charge in [-0.25, -0.2) is 4.79 Å². The largest absolute Gasteiger partial charge is 0.447 e. The lowest BCUT2D eigenvalue weighted by molar-refractivity contribution is 0.167. The average molecular weight is 185 g/mol. The molecular formula is C10H19NO2. The third kappa shape index (κ3) is 2.36. The standard InChI is InChI=1S/C10H19NO2/c1-4-8(3)6-10(5-2)7-13-9(12)11-10/h8H,4-7H2,1-3H3,(H,11,12). The molecule has 1 rings (SSSR count). The minimum Gasteiger partial charge on any atom is -0.447 e. The molecule has 1 aliphatic heterocycles. The molecule has 0 aromatic rings. The SMILES string of the molecule is CCC(C)CC1(CC)COC(=O)N1. The summed E-state index contributed by atoms with van der Waals surface area (Å²) in [7, 11) is 0. The van der Waals surface area contributed by atoms with Crippen LogP contribution in [-0.2, 0) is 4.74 Å². The summed E-state index contributed by atoms with van der Waals surface area (Å²) < 4.78 is 4.96. The fourth-order valence-electron chi connectivity index (χ4n) is 1.75. The Bertz CT molecular complexity index is 193. The van der Waals surface area contributed by atoms with Crippen molar-refractivity contribution >= 4 is 6.09 Å². The number of amides is 1. The Morgan fingerprint density at radius 2 is 2.31 bits per heavy atom. The molecule has 1 fully saturated rings. The van der Waals surface area contributed by atoms with E-state index in [1.807, 2.05) is 0 Å². The summed E-state index contributed by atoms with van der Waals surface area (Å²) in [6.07, 6.45) is 2.86. The first-order valence-corrected chi connectivity index (χ1v) is 5.07. The summed E-state index contributed by atoms with van der Waals surface area (Å²) in [6, 6.07) is 0. The van der Waals surface area contributed by atoms with Crippen molar-refractivity contribution in [2.75, 3.05) is 6.61 Å². The molecule has 2 atom stereocenters. The van der Waals surface area contributed by atoms with Crippen molar-refractivity contribution < 1.29 is 9.53 Å². The maximum absolute atomic E-state index is 11.0. The summed E-state index contributed by atoms with van der Waals surface area (Å²) in [4.78, 5) is 11.0. The minimum atomic E-state index is -0.259. The van der Waals surface area contributed by atoms with Crippen LogP contribution in [0.4, 0.5) is 4.79 Å². The van der Waals surface area contributed by atoms with Gasteiger partial charge in [0.1, 0.15) is 6.61 Å². The Kier molecular flexibility index (Phi) is 3.17. The highest BCUT2D eigenvalue weighted by Crippen LogP contribution is 2.26. The van der Waals surface area contributed by atoms with Crippen molar-refractivity contribution in [3.8, 4) is 0 Å². The number of carbonyl (C=O) groups excluding carboxylic acids is 1. The van der Waals surface area contributed by atoms with Crippen LogP contribution in [0.15, 0.2) is 0 Å². The van der Waals surface area contributed by atoms with Crippen LogP contribution in [0.5, 0.6) is 0 Å². The molecule has 0 radical (unpaired) electrons. The van der Waals surface area contributed by atoms with Crippen LogP contribution < -0.4 is 5.32 Å². The van der Waals surface area contributed by atoms with E-state index in [9.17, 15) is 4.79 Å². The number of nitrogens with one attached hydrogen (secondary N) is 1. The highest BCUT2D eigenvalue weighted by Gasteiger charge is 2.38. The lowest BCUT2D eigenvalue weighted by atomic mass is 9.86. The van der Waals surface area contributed by atoms with E-state index in [0.717, 1.165) is 19.3 Å². The van der Waals surface area contributed by atoms with Gasteiger partial charge in [-0.05, 0) is 18.8 Å². The van der Waals surface area contributed by atoms with E-state index in [0.29, 0.717) is 12.5 Å². The molecule has 13 heavy (non-hydrogen) atoms. The van der Waals surface area contributed by atoms with Crippen LogP contribution in [-0.4, -0.2) is 18.2 Å². The fourth-order valence-corrected chi connectivity index (χ4v) is 1.75. The molecule has 0 saturated carbocycles. The molecule has 0 aliphatic carbocycles. The van der Waals surface area contributed by atoms with Crippen molar-refractivity contribution in [1.82, 2.24) is 5.32 Å². The zero-order valence-electron chi connectivity index (χ0n) is 8.72. The molecule has 1 amide bonds. The van der Waals surface area contributed by atoms with Gasteiger partial charge in [0, 0.05) is 0 Å². The summed E-state index contributed by atoms with van der Waals surface area (Å²) in [6.45, 7) is 7.01. The van der Waals surface area contributed by atoms with Gasteiger partial charge < -0.3 is 10.1 Å². The lowest BCUT2D eigenvalue weighted by Crippen LogP contribution is -2.44. The van der Waals surface area contributed by atoms with Crippen molar-refractivity contribution in [2.24, 2.45) is 5.92 Å². The van der Waals surface area contributed by atoms with Gasteiger partial charge in [0.05, 0.1) is 5.54 Å². The molecule has 0 aromatic carbocycles. The maximum atomic E-state index is 11.0. The molecule has 1 aliphatic rings. The van der Waals surface area contributed by atoms with Crippen molar-refractivity contribution in [1.29, 1.82) is 0 Å². The van der Waals surface area contributed by atoms with Crippen LogP contribution in [0, 0.1) is 5.92 Å². The van der Waals surface area contributed by atoms with E-state index < -0.39 is 0 Å². The van der Waals surface area contributed by atoms with E-state index in [-0.39, 0.29) is 11.6 Å².